The van der Waals surface area contributed by atoms with Crippen LogP contribution in [0.3, 0.4) is 0 Å². The maximum Gasteiger partial charge on any atom is 0.261 e. The fourth-order valence-electron chi connectivity index (χ4n) is 2.54. The summed E-state index contributed by atoms with van der Waals surface area (Å²) in [6, 6.07) is 14.4. The van der Waals surface area contributed by atoms with Gasteiger partial charge in [-0.1, -0.05) is 24.3 Å². The summed E-state index contributed by atoms with van der Waals surface area (Å²) in [5, 5.41) is 3.24. The quantitative estimate of drug-likeness (QED) is 0.726. The number of anilines is 1. The van der Waals surface area contributed by atoms with Crippen LogP contribution < -0.4 is 10.9 Å². The van der Waals surface area contributed by atoms with Gasteiger partial charge < -0.3 is 5.32 Å². The van der Waals surface area contributed by atoms with E-state index >= 15 is 0 Å². The van der Waals surface area contributed by atoms with Crippen LogP contribution in [0, 0.1) is 0 Å². The van der Waals surface area contributed by atoms with Crippen LogP contribution in [0.25, 0.3) is 10.9 Å². The second-order valence-corrected chi connectivity index (χ2v) is 5.82. The minimum Gasteiger partial charge on any atom is -0.326 e. The molecule has 6 nitrogen and oxygen atoms in total. The molecule has 0 saturated heterocycles. The van der Waals surface area contributed by atoms with Gasteiger partial charge in [0.05, 0.1) is 30.2 Å². The molecule has 0 fully saturated rings. The number of fused-ring (bicyclic) bond motifs is 1. The highest BCUT2D eigenvalue weighted by molar-refractivity contribution is 6.03. The van der Waals surface area contributed by atoms with Gasteiger partial charge in [-0.15, -0.1) is 0 Å². The van der Waals surface area contributed by atoms with Crippen LogP contribution >= 0.6 is 0 Å². The van der Waals surface area contributed by atoms with Crippen molar-refractivity contribution in [3.8, 4) is 0 Å². The van der Waals surface area contributed by atoms with Crippen molar-refractivity contribution in [2.45, 2.75) is 19.9 Å². The lowest BCUT2D eigenvalue weighted by Crippen LogP contribution is -2.21. The molecule has 0 aliphatic heterocycles. The van der Waals surface area contributed by atoms with E-state index in [1.165, 1.54) is 13.3 Å². The fraction of sp³-hybridized carbons (Fsp3) is 0.158. The van der Waals surface area contributed by atoms with E-state index in [2.05, 4.69) is 10.3 Å². The van der Waals surface area contributed by atoms with Gasteiger partial charge >= 0.3 is 0 Å². The predicted molar refractivity (Wildman–Crippen MR) is 95.5 cm³/mol. The molecule has 1 amide bonds. The van der Waals surface area contributed by atoms with Crippen LogP contribution in [0.5, 0.6) is 0 Å². The number of Topliss-reactive ketones (excluding diaryl/α,β-unsaturated/α-hetero) is 1. The van der Waals surface area contributed by atoms with Crippen LogP contribution in [0.1, 0.15) is 18.9 Å². The molecule has 0 bridgehead atoms. The zero-order valence-corrected chi connectivity index (χ0v) is 13.7. The van der Waals surface area contributed by atoms with Gasteiger partial charge in [-0.3, -0.25) is 19.0 Å². The van der Waals surface area contributed by atoms with E-state index in [1.54, 1.807) is 28.8 Å². The molecule has 1 heterocycles. The number of nitrogens with zero attached hydrogens (tertiary/aromatic N) is 2. The van der Waals surface area contributed by atoms with Crippen molar-refractivity contribution in [3.05, 3.63) is 70.8 Å². The molecule has 6 heteroatoms. The molecule has 0 aliphatic carbocycles. The number of carbonyl (C=O) groups excluding carboxylic acids is 2. The molecule has 3 rings (SSSR count). The number of para-hydroxylation sites is 1. The average Bonchev–Trinajstić information content (AvgIpc) is 2.58. The van der Waals surface area contributed by atoms with Crippen LogP contribution in [0.4, 0.5) is 5.69 Å². The van der Waals surface area contributed by atoms with Gasteiger partial charge in [0, 0.05) is 5.69 Å². The average molecular weight is 335 g/mol. The van der Waals surface area contributed by atoms with Gasteiger partial charge in [0.2, 0.25) is 5.91 Å². The molecular weight excluding hydrogens is 318 g/mol. The van der Waals surface area contributed by atoms with Crippen molar-refractivity contribution in [1.29, 1.82) is 0 Å². The Morgan fingerprint density at radius 1 is 1.08 bits per heavy atom. The predicted octanol–water partition coefficient (Wildman–Crippen LogP) is 2.36. The molecule has 0 atom stereocenters. The molecule has 25 heavy (non-hydrogen) atoms. The summed E-state index contributed by atoms with van der Waals surface area (Å²) in [6.07, 6.45) is 1.40. The van der Waals surface area contributed by atoms with Crippen molar-refractivity contribution in [3.63, 3.8) is 0 Å². The van der Waals surface area contributed by atoms with Crippen LogP contribution in [0.15, 0.2) is 59.7 Å². The van der Waals surface area contributed by atoms with Crippen LogP contribution in [-0.4, -0.2) is 21.2 Å². The number of nitrogens with one attached hydrogen (secondary N) is 1. The summed E-state index contributed by atoms with van der Waals surface area (Å²) in [5.74, 6) is -0.521. The number of aromatic nitrogens is 2. The number of hydrogen-bond donors (Lipinski definition) is 1. The highest BCUT2D eigenvalue weighted by Gasteiger charge is 2.07. The van der Waals surface area contributed by atoms with Gasteiger partial charge in [0.15, 0.2) is 0 Å². The van der Waals surface area contributed by atoms with Crippen LogP contribution in [-0.2, 0) is 16.1 Å². The Balaban J connectivity index is 1.76. The minimum absolute atomic E-state index is 0.0931. The Morgan fingerprint density at radius 2 is 1.80 bits per heavy atom. The van der Waals surface area contributed by atoms with E-state index in [0.29, 0.717) is 23.1 Å². The van der Waals surface area contributed by atoms with Gasteiger partial charge in [-0.05, 0) is 36.8 Å². The van der Waals surface area contributed by atoms with Crippen molar-refractivity contribution >= 4 is 28.3 Å². The summed E-state index contributed by atoms with van der Waals surface area (Å²) in [7, 11) is 0. The zero-order valence-electron chi connectivity index (χ0n) is 13.7. The van der Waals surface area contributed by atoms with E-state index < -0.39 is 0 Å². The third kappa shape index (κ3) is 3.98. The monoisotopic (exact) mass is 335 g/mol. The Labute approximate surface area is 144 Å². The molecule has 0 saturated carbocycles. The maximum absolute atomic E-state index is 12.5. The number of carbonyl (C=O) groups is 2. The van der Waals surface area contributed by atoms with E-state index in [9.17, 15) is 14.4 Å². The zero-order chi connectivity index (χ0) is 17.8. The Kier molecular flexibility index (Phi) is 4.70. The number of rotatable bonds is 5. The third-order valence-corrected chi connectivity index (χ3v) is 3.73. The second kappa shape index (κ2) is 7.09. The third-order valence-electron chi connectivity index (χ3n) is 3.73. The largest absolute Gasteiger partial charge is 0.326 e. The van der Waals surface area contributed by atoms with E-state index in [1.807, 2.05) is 24.3 Å². The lowest BCUT2D eigenvalue weighted by Gasteiger charge is -2.08. The molecule has 0 radical (unpaired) electrons. The second-order valence-electron chi connectivity index (χ2n) is 5.82. The first kappa shape index (κ1) is 16.6. The SMILES string of the molecule is CC(=O)CC(=O)Nc1ccc(Cn2cnc3ccccc3c2=O)cc1. The fourth-order valence-corrected chi connectivity index (χ4v) is 2.54. The molecule has 3 aromatic rings. The van der Waals surface area contributed by atoms with Gasteiger partial charge in [-0.2, -0.15) is 0 Å². The highest BCUT2D eigenvalue weighted by Crippen LogP contribution is 2.11. The lowest BCUT2D eigenvalue weighted by molar-refractivity contribution is -0.124. The summed E-state index contributed by atoms with van der Waals surface area (Å²) in [4.78, 5) is 39.3. The van der Waals surface area contributed by atoms with E-state index in [-0.39, 0.29) is 23.7 Å². The van der Waals surface area contributed by atoms with E-state index in [0.717, 1.165) is 5.56 Å². The Bertz CT molecular complexity index is 991. The number of ketones is 1. The van der Waals surface area contributed by atoms with Crippen molar-refractivity contribution in [2.24, 2.45) is 0 Å². The molecule has 1 aromatic heterocycles. The number of hydrogen-bond acceptors (Lipinski definition) is 4. The summed E-state index contributed by atoms with van der Waals surface area (Å²) in [5.41, 5.74) is 2.10. The van der Waals surface area contributed by atoms with Crippen molar-refractivity contribution in [2.75, 3.05) is 5.32 Å². The standard InChI is InChI=1S/C19H17N3O3/c1-13(23)10-18(24)21-15-8-6-14(7-9-15)11-22-12-20-17-5-3-2-4-16(17)19(22)25/h2-9,12H,10-11H2,1H3,(H,21,24). The smallest absolute Gasteiger partial charge is 0.261 e. The van der Waals surface area contributed by atoms with Gasteiger partial charge in [0.1, 0.15) is 5.78 Å². The topological polar surface area (TPSA) is 81.1 Å². The molecule has 126 valence electrons. The van der Waals surface area contributed by atoms with Crippen molar-refractivity contribution < 1.29 is 9.59 Å². The van der Waals surface area contributed by atoms with Crippen molar-refractivity contribution in [1.82, 2.24) is 9.55 Å². The number of benzene rings is 2. The Hall–Kier alpha value is -3.28. The van der Waals surface area contributed by atoms with Crippen LogP contribution in [0.2, 0.25) is 0 Å². The molecule has 1 N–H and O–H groups in total. The summed E-state index contributed by atoms with van der Waals surface area (Å²) >= 11 is 0. The first-order chi connectivity index (χ1) is 12.0. The molecule has 0 aliphatic rings. The van der Waals surface area contributed by atoms with Gasteiger partial charge in [-0.25, -0.2) is 4.98 Å². The van der Waals surface area contributed by atoms with E-state index in [4.69, 9.17) is 0 Å². The first-order valence-corrected chi connectivity index (χ1v) is 7.85. The lowest BCUT2D eigenvalue weighted by atomic mass is 10.2. The summed E-state index contributed by atoms with van der Waals surface area (Å²) < 4.78 is 1.55. The summed E-state index contributed by atoms with van der Waals surface area (Å²) in [6.45, 7) is 1.76. The first-order valence-electron chi connectivity index (χ1n) is 7.85. The normalized spacial score (nSPS) is 10.6. The molecule has 2 aromatic carbocycles. The highest BCUT2D eigenvalue weighted by atomic mass is 16.2. The molecular formula is C19H17N3O3. The van der Waals surface area contributed by atoms with Gasteiger partial charge in [0.25, 0.3) is 5.56 Å². The minimum atomic E-state index is -0.338. The number of amides is 1. The molecule has 0 spiro atoms. The maximum atomic E-state index is 12.5. The molecule has 0 unspecified atom stereocenters. The Morgan fingerprint density at radius 3 is 2.52 bits per heavy atom.